The quantitative estimate of drug-likeness (QED) is 0.728. The zero-order valence-corrected chi connectivity index (χ0v) is 18.4. The van der Waals surface area contributed by atoms with Gasteiger partial charge in [-0.3, -0.25) is 9.59 Å². The second kappa shape index (κ2) is 8.89. The fraction of sp³-hybridized carbons (Fsp3) is 0.423. The number of carboxylic acid groups (broad SMARTS) is 1. The third-order valence-corrected chi connectivity index (χ3v) is 7.23. The molecule has 0 aromatic heterocycles. The van der Waals surface area contributed by atoms with Crippen LogP contribution in [0.5, 0.6) is 0 Å². The Kier molecular flexibility index (Phi) is 5.79. The second-order valence-electron chi connectivity index (χ2n) is 9.31. The zero-order valence-electron chi connectivity index (χ0n) is 18.4. The van der Waals surface area contributed by atoms with E-state index in [4.69, 9.17) is 9.84 Å². The number of likely N-dealkylation sites (tertiary alicyclic amines) is 1. The van der Waals surface area contributed by atoms with Crippen molar-refractivity contribution in [1.82, 2.24) is 10.2 Å². The molecule has 2 N–H and O–H groups in total. The first-order chi connectivity index (χ1) is 16.0. The van der Waals surface area contributed by atoms with Crippen LogP contribution in [0, 0.1) is 11.8 Å². The average molecular weight is 449 g/mol. The Morgan fingerprint density at radius 3 is 2.21 bits per heavy atom. The van der Waals surface area contributed by atoms with Crippen molar-refractivity contribution in [3.63, 3.8) is 0 Å². The third-order valence-electron chi connectivity index (χ3n) is 7.23. The van der Waals surface area contributed by atoms with Gasteiger partial charge in [-0.2, -0.15) is 0 Å². The summed E-state index contributed by atoms with van der Waals surface area (Å²) in [6, 6.07) is 16.3. The first kappa shape index (κ1) is 21.5. The zero-order chi connectivity index (χ0) is 22.9. The Labute approximate surface area is 192 Å². The summed E-state index contributed by atoms with van der Waals surface area (Å²) in [6.07, 6.45) is 2.55. The molecule has 0 radical (unpaired) electrons. The largest absolute Gasteiger partial charge is 0.481 e. The van der Waals surface area contributed by atoms with Crippen molar-refractivity contribution in [2.75, 3.05) is 19.7 Å². The predicted octanol–water partition coefficient (Wildman–Crippen LogP) is 3.63. The molecule has 5 rings (SSSR count). The first-order valence-corrected chi connectivity index (χ1v) is 11.6. The lowest BCUT2D eigenvalue weighted by atomic mass is 9.83. The molecule has 1 saturated heterocycles. The molecular weight excluding hydrogens is 420 g/mol. The van der Waals surface area contributed by atoms with E-state index in [1.165, 1.54) is 22.3 Å². The lowest BCUT2D eigenvalue weighted by molar-refractivity contribution is -0.155. The van der Waals surface area contributed by atoms with E-state index in [-0.39, 0.29) is 43.5 Å². The summed E-state index contributed by atoms with van der Waals surface area (Å²) in [5.74, 6) is -1.46. The van der Waals surface area contributed by atoms with Crippen LogP contribution in [0.25, 0.3) is 11.1 Å². The summed E-state index contributed by atoms with van der Waals surface area (Å²) in [4.78, 5) is 37.9. The number of hydrogen-bond donors (Lipinski definition) is 2. The van der Waals surface area contributed by atoms with Crippen molar-refractivity contribution < 1.29 is 24.2 Å². The van der Waals surface area contributed by atoms with Crippen LogP contribution in [-0.4, -0.2) is 53.7 Å². The van der Waals surface area contributed by atoms with E-state index < -0.39 is 18.0 Å². The molecule has 2 amide bonds. The first-order valence-electron chi connectivity index (χ1n) is 11.6. The van der Waals surface area contributed by atoms with Crippen LogP contribution >= 0.6 is 0 Å². The van der Waals surface area contributed by atoms with Crippen LogP contribution in [0.2, 0.25) is 0 Å². The smallest absolute Gasteiger partial charge is 0.407 e. The van der Waals surface area contributed by atoms with Gasteiger partial charge in [0.15, 0.2) is 0 Å². The molecule has 7 nitrogen and oxygen atoms in total. The molecule has 0 unspecified atom stereocenters. The Balaban J connectivity index is 1.15. The summed E-state index contributed by atoms with van der Waals surface area (Å²) < 4.78 is 5.65. The van der Waals surface area contributed by atoms with Gasteiger partial charge in [-0.05, 0) is 41.5 Å². The molecule has 2 atom stereocenters. The summed E-state index contributed by atoms with van der Waals surface area (Å²) >= 11 is 0. The summed E-state index contributed by atoms with van der Waals surface area (Å²) in [5.41, 5.74) is 4.71. The van der Waals surface area contributed by atoms with Gasteiger partial charge in [-0.1, -0.05) is 55.0 Å². The Hall–Kier alpha value is -3.35. The third kappa shape index (κ3) is 4.19. The Morgan fingerprint density at radius 1 is 0.939 bits per heavy atom. The number of carboxylic acids is 1. The average Bonchev–Trinajstić information content (AvgIpc) is 3.10. The molecule has 2 fully saturated rings. The SMILES string of the molecule is O=C(N[C@H]1CCC[C@@H](C(=O)N2CC(C(=O)O)C2)C1)OCC1c2ccccc2-c2ccccc21. The molecule has 172 valence electrons. The number of aliphatic carboxylic acids is 1. The van der Waals surface area contributed by atoms with Crippen molar-refractivity contribution in [3.8, 4) is 11.1 Å². The summed E-state index contributed by atoms with van der Waals surface area (Å²) in [7, 11) is 0. The van der Waals surface area contributed by atoms with Crippen LogP contribution in [0.3, 0.4) is 0 Å². The minimum Gasteiger partial charge on any atom is -0.481 e. The van der Waals surface area contributed by atoms with Gasteiger partial charge >= 0.3 is 12.1 Å². The van der Waals surface area contributed by atoms with E-state index in [0.29, 0.717) is 6.42 Å². The number of ether oxygens (including phenoxy) is 1. The number of rotatable bonds is 5. The van der Waals surface area contributed by atoms with Gasteiger partial charge in [-0.15, -0.1) is 0 Å². The van der Waals surface area contributed by atoms with E-state index in [1.807, 2.05) is 24.3 Å². The molecule has 1 saturated carbocycles. The number of nitrogens with zero attached hydrogens (tertiary/aromatic N) is 1. The fourth-order valence-electron chi connectivity index (χ4n) is 5.42. The van der Waals surface area contributed by atoms with Crippen LogP contribution < -0.4 is 5.32 Å². The van der Waals surface area contributed by atoms with Gasteiger partial charge in [0, 0.05) is 31.0 Å². The van der Waals surface area contributed by atoms with E-state index in [0.717, 1.165) is 19.3 Å². The Morgan fingerprint density at radius 2 is 1.58 bits per heavy atom. The van der Waals surface area contributed by atoms with Gasteiger partial charge in [-0.25, -0.2) is 4.79 Å². The van der Waals surface area contributed by atoms with Crippen molar-refractivity contribution in [2.45, 2.75) is 37.6 Å². The van der Waals surface area contributed by atoms with E-state index in [9.17, 15) is 14.4 Å². The number of carbonyl (C=O) groups is 3. The van der Waals surface area contributed by atoms with Gasteiger partial charge < -0.3 is 20.1 Å². The van der Waals surface area contributed by atoms with Crippen molar-refractivity contribution in [3.05, 3.63) is 59.7 Å². The number of benzene rings is 2. The van der Waals surface area contributed by atoms with Gasteiger partial charge in [0.05, 0.1) is 5.92 Å². The van der Waals surface area contributed by atoms with Crippen LogP contribution in [0.1, 0.15) is 42.7 Å². The standard InChI is InChI=1S/C26H28N2O5/c29-24(28-13-17(14-28)25(30)31)16-6-5-7-18(12-16)27-26(32)33-15-23-21-10-3-1-8-19(21)20-9-2-4-11-22(20)23/h1-4,8-11,16-18,23H,5-7,12-15H2,(H,27,32)(H,30,31)/t16-,18+/m1/s1. The number of amides is 2. The van der Waals surface area contributed by atoms with Crippen LogP contribution in [-0.2, 0) is 14.3 Å². The molecule has 1 aliphatic heterocycles. The molecule has 3 aliphatic rings. The van der Waals surface area contributed by atoms with E-state index in [2.05, 4.69) is 29.6 Å². The maximum atomic E-state index is 12.7. The molecule has 33 heavy (non-hydrogen) atoms. The molecule has 2 aliphatic carbocycles. The lowest BCUT2D eigenvalue weighted by Crippen LogP contribution is -2.55. The molecule has 0 bridgehead atoms. The van der Waals surface area contributed by atoms with Crippen LogP contribution in [0.15, 0.2) is 48.5 Å². The second-order valence-corrected chi connectivity index (χ2v) is 9.31. The maximum Gasteiger partial charge on any atom is 0.407 e. The number of carbonyl (C=O) groups excluding carboxylic acids is 2. The monoisotopic (exact) mass is 448 g/mol. The van der Waals surface area contributed by atoms with Gasteiger partial charge in [0.1, 0.15) is 6.61 Å². The van der Waals surface area contributed by atoms with E-state index >= 15 is 0 Å². The molecular formula is C26H28N2O5. The van der Waals surface area contributed by atoms with E-state index in [1.54, 1.807) is 4.90 Å². The predicted molar refractivity (Wildman–Crippen MR) is 122 cm³/mol. The van der Waals surface area contributed by atoms with Crippen molar-refractivity contribution in [1.29, 1.82) is 0 Å². The minimum absolute atomic E-state index is 0.00605. The summed E-state index contributed by atoms with van der Waals surface area (Å²) in [6.45, 7) is 0.837. The van der Waals surface area contributed by atoms with Crippen molar-refractivity contribution in [2.24, 2.45) is 11.8 Å². The fourth-order valence-corrected chi connectivity index (χ4v) is 5.42. The number of fused-ring (bicyclic) bond motifs is 3. The lowest BCUT2D eigenvalue weighted by Gasteiger charge is -2.40. The highest BCUT2D eigenvalue weighted by atomic mass is 16.5. The number of nitrogens with one attached hydrogen (secondary N) is 1. The van der Waals surface area contributed by atoms with Crippen LogP contribution in [0.4, 0.5) is 4.79 Å². The molecule has 1 heterocycles. The normalized spacial score (nSPS) is 22.1. The highest BCUT2D eigenvalue weighted by Crippen LogP contribution is 2.44. The highest BCUT2D eigenvalue weighted by Gasteiger charge is 2.39. The molecule has 2 aromatic rings. The highest BCUT2D eigenvalue weighted by molar-refractivity contribution is 5.83. The molecule has 0 spiro atoms. The van der Waals surface area contributed by atoms with Gasteiger partial charge in [0.25, 0.3) is 0 Å². The number of hydrogen-bond acceptors (Lipinski definition) is 4. The topological polar surface area (TPSA) is 95.9 Å². The maximum absolute atomic E-state index is 12.7. The molecule has 2 aromatic carbocycles. The summed E-state index contributed by atoms with van der Waals surface area (Å²) in [5, 5.41) is 12.0. The van der Waals surface area contributed by atoms with Crippen molar-refractivity contribution >= 4 is 18.0 Å². The number of alkyl carbamates (subject to hydrolysis) is 1. The molecule has 7 heteroatoms. The Bertz CT molecular complexity index is 1030. The minimum atomic E-state index is -0.850. The van der Waals surface area contributed by atoms with Gasteiger partial charge in [0.2, 0.25) is 5.91 Å².